The molecule has 1 aromatic carbocycles. The van der Waals surface area contributed by atoms with E-state index in [0.717, 1.165) is 18.4 Å². The SMILES string of the molecule is CCN1C[C@H](C(=O)N[C@@H](c2ccc(F)cc2)[C@H]2CCCO2)CC1=O. The smallest absolute Gasteiger partial charge is 0.225 e. The van der Waals surface area contributed by atoms with Crippen LogP contribution >= 0.6 is 0 Å². The molecule has 6 heteroatoms. The van der Waals surface area contributed by atoms with Crippen molar-refractivity contribution in [2.75, 3.05) is 19.7 Å². The minimum Gasteiger partial charge on any atom is -0.376 e. The van der Waals surface area contributed by atoms with Crippen LogP contribution in [-0.4, -0.2) is 42.5 Å². The lowest BCUT2D eigenvalue weighted by Crippen LogP contribution is -2.40. The van der Waals surface area contributed by atoms with Crippen molar-refractivity contribution in [3.05, 3.63) is 35.6 Å². The monoisotopic (exact) mass is 334 g/mol. The van der Waals surface area contributed by atoms with Crippen LogP contribution in [0.15, 0.2) is 24.3 Å². The Kier molecular flexibility index (Phi) is 5.14. The molecule has 2 amide bonds. The topological polar surface area (TPSA) is 58.6 Å². The average molecular weight is 334 g/mol. The Morgan fingerprint density at radius 3 is 2.75 bits per heavy atom. The van der Waals surface area contributed by atoms with Crippen LogP contribution in [0.1, 0.15) is 37.8 Å². The summed E-state index contributed by atoms with van der Waals surface area (Å²) in [5.74, 6) is -0.754. The summed E-state index contributed by atoms with van der Waals surface area (Å²) >= 11 is 0. The third-order valence-corrected chi connectivity index (χ3v) is 4.83. The van der Waals surface area contributed by atoms with Gasteiger partial charge in [-0.2, -0.15) is 0 Å². The quantitative estimate of drug-likeness (QED) is 0.896. The summed E-state index contributed by atoms with van der Waals surface area (Å²) in [5, 5.41) is 3.04. The van der Waals surface area contributed by atoms with Gasteiger partial charge in [-0.05, 0) is 37.5 Å². The molecule has 3 atom stereocenters. The van der Waals surface area contributed by atoms with Gasteiger partial charge in [0.15, 0.2) is 0 Å². The zero-order valence-electron chi connectivity index (χ0n) is 13.8. The van der Waals surface area contributed by atoms with Gasteiger partial charge in [0.05, 0.1) is 18.1 Å². The highest BCUT2D eigenvalue weighted by Gasteiger charge is 2.36. The number of hydrogen-bond donors (Lipinski definition) is 1. The van der Waals surface area contributed by atoms with Crippen LogP contribution in [0.2, 0.25) is 0 Å². The molecule has 0 radical (unpaired) electrons. The minimum absolute atomic E-state index is 0.0214. The number of ether oxygens (including phenoxy) is 1. The zero-order chi connectivity index (χ0) is 17.1. The second kappa shape index (κ2) is 7.30. The van der Waals surface area contributed by atoms with Gasteiger partial charge in [-0.15, -0.1) is 0 Å². The van der Waals surface area contributed by atoms with Gasteiger partial charge < -0.3 is 15.0 Å². The van der Waals surface area contributed by atoms with Crippen LogP contribution < -0.4 is 5.32 Å². The molecule has 5 nitrogen and oxygen atoms in total. The first kappa shape index (κ1) is 16.9. The lowest BCUT2D eigenvalue weighted by molar-refractivity contribution is -0.129. The molecule has 1 N–H and O–H groups in total. The van der Waals surface area contributed by atoms with Crippen LogP contribution in [0.25, 0.3) is 0 Å². The van der Waals surface area contributed by atoms with Crippen LogP contribution in [0.5, 0.6) is 0 Å². The summed E-state index contributed by atoms with van der Waals surface area (Å²) in [6.07, 6.45) is 1.94. The van der Waals surface area contributed by atoms with Crippen molar-refractivity contribution in [2.45, 2.75) is 38.3 Å². The molecule has 0 aliphatic carbocycles. The van der Waals surface area contributed by atoms with Crippen LogP contribution in [0, 0.1) is 11.7 Å². The van der Waals surface area contributed by atoms with E-state index in [-0.39, 0.29) is 42.1 Å². The Hall–Kier alpha value is -1.95. The van der Waals surface area contributed by atoms with Crippen LogP contribution in [0.4, 0.5) is 4.39 Å². The van der Waals surface area contributed by atoms with Crippen molar-refractivity contribution in [3.63, 3.8) is 0 Å². The van der Waals surface area contributed by atoms with E-state index in [4.69, 9.17) is 4.74 Å². The first-order valence-electron chi connectivity index (χ1n) is 8.53. The lowest BCUT2D eigenvalue weighted by atomic mass is 9.97. The number of nitrogens with zero attached hydrogens (tertiary/aromatic N) is 1. The van der Waals surface area contributed by atoms with E-state index in [0.29, 0.717) is 19.7 Å². The molecule has 0 spiro atoms. The van der Waals surface area contributed by atoms with Gasteiger partial charge in [0, 0.05) is 26.1 Å². The maximum Gasteiger partial charge on any atom is 0.225 e. The van der Waals surface area contributed by atoms with Gasteiger partial charge in [0.2, 0.25) is 11.8 Å². The summed E-state index contributed by atoms with van der Waals surface area (Å²) < 4.78 is 18.9. The van der Waals surface area contributed by atoms with Crippen molar-refractivity contribution < 1.29 is 18.7 Å². The van der Waals surface area contributed by atoms with E-state index >= 15 is 0 Å². The Labute approximate surface area is 141 Å². The fourth-order valence-electron chi connectivity index (χ4n) is 3.45. The molecule has 0 aromatic heterocycles. The average Bonchev–Trinajstić information content (AvgIpc) is 3.23. The standard InChI is InChI=1S/C18H23FN2O3/c1-2-21-11-13(10-16(21)22)18(23)20-17(15-4-3-9-24-15)12-5-7-14(19)8-6-12/h5-8,13,15,17H,2-4,9-11H2,1H3,(H,20,23)/t13-,15-,17+/m1/s1. The van der Waals surface area contributed by atoms with Crippen molar-refractivity contribution in [3.8, 4) is 0 Å². The van der Waals surface area contributed by atoms with Crippen LogP contribution in [0.3, 0.4) is 0 Å². The molecule has 0 unspecified atom stereocenters. The number of amides is 2. The first-order valence-corrected chi connectivity index (χ1v) is 8.53. The number of likely N-dealkylation sites (tertiary alicyclic amines) is 1. The number of benzene rings is 1. The third-order valence-electron chi connectivity index (χ3n) is 4.83. The summed E-state index contributed by atoms with van der Waals surface area (Å²) in [5.41, 5.74) is 0.827. The van der Waals surface area contributed by atoms with E-state index in [2.05, 4.69) is 5.32 Å². The van der Waals surface area contributed by atoms with E-state index in [9.17, 15) is 14.0 Å². The number of nitrogens with one attached hydrogen (secondary N) is 1. The van der Waals surface area contributed by atoms with E-state index in [1.165, 1.54) is 12.1 Å². The third kappa shape index (κ3) is 3.59. The molecule has 1 aromatic rings. The molecule has 2 aliphatic heterocycles. The summed E-state index contributed by atoms with van der Waals surface area (Å²) in [6, 6.07) is 5.83. The van der Waals surface area contributed by atoms with Gasteiger partial charge in [0.25, 0.3) is 0 Å². The Morgan fingerprint density at radius 1 is 1.42 bits per heavy atom. The van der Waals surface area contributed by atoms with Crippen molar-refractivity contribution in [2.24, 2.45) is 5.92 Å². The lowest BCUT2D eigenvalue weighted by Gasteiger charge is -2.26. The fraction of sp³-hybridized carbons (Fsp3) is 0.556. The largest absolute Gasteiger partial charge is 0.376 e. The van der Waals surface area contributed by atoms with Crippen molar-refractivity contribution in [1.82, 2.24) is 10.2 Å². The predicted molar refractivity (Wildman–Crippen MR) is 86.6 cm³/mol. The van der Waals surface area contributed by atoms with E-state index in [1.807, 2.05) is 6.92 Å². The summed E-state index contributed by atoms with van der Waals surface area (Å²) in [4.78, 5) is 26.2. The van der Waals surface area contributed by atoms with Gasteiger partial charge in [-0.3, -0.25) is 9.59 Å². The van der Waals surface area contributed by atoms with Crippen LogP contribution in [-0.2, 0) is 14.3 Å². The van der Waals surface area contributed by atoms with Gasteiger partial charge in [0.1, 0.15) is 5.82 Å². The Bertz CT molecular complexity index is 599. The van der Waals surface area contributed by atoms with E-state index in [1.54, 1.807) is 17.0 Å². The van der Waals surface area contributed by atoms with Crippen molar-refractivity contribution in [1.29, 1.82) is 0 Å². The minimum atomic E-state index is -0.332. The first-order chi connectivity index (χ1) is 11.6. The summed E-state index contributed by atoms with van der Waals surface area (Å²) in [7, 11) is 0. The molecule has 0 saturated carbocycles. The maximum absolute atomic E-state index is 13.2. The second-order valence-corrected chi connectivity index (χ2v) is 6.42. The second-order valence-electron chi connectivity index (χ2n) is 6.42. The maximum atomic E-state index is 13.2. The molecule has 24 heavy (non-hydrogen) atoms. The number of hydrogen-bond acceptors (Lipinski definition) is 3. The highest BCUT2D eigenvalue weighted by molar-refractivity contribution is 5.89. The van der Waals surface area contributed by atoms with E-state index < -0.39 is 0 Å². The van der Waals surface area contributed by atoms with Gasteiger partial charge in [-0.1, -0.05) is 12.1 Å². The molecule has 0 bridgehead atoms. The highest BCUT2D eigenvalue weighted by atomic mass is 19.1. The normalized spacial score (nSPS) is 25.1. The highest BCUT2D eigenvalue weighted by Crippen LogP contribution is 2.28. The Morgan fingerprint density at radius 2 is 2.17 bits per heavy atom. The zero-order valence-corrected chi connectivity index (χ0v) is 13.8. The molecule has 130 valence electrons. The molecule has 2 aliphatic rings. The molecular formula is C18H23FN2O3. The number of carbonyl (C=O) groups excluding carboxylic acids is 2. The van der Waals surface area contributed by atoms with Gasteiger partial charge in [-0.25, -0.2) is 4.39 Å². The predicted octanol–water partition coefficient (Wildman–Crippen LogP) is 2.03. The van der Waals surface area contributed by atoms with Gasteiger partial charge >= 0.3 is 0 Å². The number of carbonyl (C=O) groups is 2. The Balaban J connectivity index is 1.73. The fourth-order valence-corrected chi connectivity index (χ4v) is 3.45. The molecule has 2 saturated heterocycles. The molecule has 2 heterocycles. The molecular weight excluding hydrogens is 311 g/mol. The molecule has 3 rings (SSSR count). The van der Waals surface area contributed by atoms with Crippen molar-refractivity contribution >= 4 is 11.8 Å². The number of rotatable bonds is 5. The molecule has 2 fully saturated rings. The summed E-state index contributed by atoms with van der Waals surface area (Å²) in [6.45, 7) is 3.66. The number of halogens is 1.